The molecule has 0 spiro atoms. The molecule has 0 amide bonds. The zero-order valence-corrected chi connectivity index (χ0v) is 16.5. The summed E-state index contributed by atoms with van der Waals surface area (Å²) in [5, 5.41) is 5.38. The second-order valence-corrected chi connectivity index (χ2v) is 7.14. The van der Waals surface area contributed by atoms with Gasteiger partial charge in [-0.1, -0.05) is 30.3 Å². The lowest BCUT2D eigenvalue weighted by Gasteiger charge is -2.16. The number of rotatable bonds is 5. The summed E-state index contributed by atoms with van der Waals surface area (Å²) in [5.41, 5.74) is 8.92. The van der Waals surface area contributed by atoms with Crippen LogP contribution < -0.4 is 10.9 Å². The summed E-state index contributed by atoms with van der Waals surface area (Å²) in [4.78, 5) is 2.05. The van der Waals surface area contributed by atoms with Crippen molar-refractivity contribution < 1.29 is 13.9 Å². The average Bonchev–Trinajstić information content (AvgIpc) is 2.41. The highest BCUT2D eigenvalue weighted by Crippen LogP contribution is 2.26. The molecule has 0 heterocycles. The second-order valence-electron chi connectivity index (χ2n) is 5.61. The van der Waals surface area contributed by atoms with Crippen molar-refractivity contribution in [3.05, 3.63) is 59.2 Å². The van der Waals surface area contributed by atoms with Gasteiger partial charge in [0.15, 0.2) is 0 Å². The van der Waals surface area contributed by atoms with Crippen LogP contribution in [0.1, 0.15) is 16.7 Å². The molecular formula is C16H25Cl2N3O3S. The molecule has 0 bridgehead atoms. The zero-order chi connectivity index (χ0) is 16.3. The van der Waals surface area contributed by atoms with Crippen molar-refractivity contribution in [2.24, 2.45) is 5.14 Å². The van der Waals surface area contributed by atoms with Gasteiger partial charge in [-0.15, -0.1) is 24.8 Å². The molecule has 0 fully saturated rings. The summed E-state index contributed by atoms with van der Waals surface area (Å²) in [6.07, 6.45) is 0.431. The predicted molar refractivity (Wildman–Crippen MR) is 107 cm³/mol. The molecule has 0 saturated heterocycles. The van der Waals surface area contributed by atoms with Crippen molar-refractivity contribution in [3.8, 4) is 0 Å². The van der Waals surface area contributed by atoms with Crippen LogP contribution in [0.15, 0.2) is 47.4 Å². The number of hydrogen-bond donors (Lipinski definition) is 2. The van der Waals surface area contributed by atoms with Gasteiger partial charge in [0, 0.05) is 18.7 Å². The van der Waals surface area contributed by atoms with Crippen LogP contribution in [0.2, 0.25) is 0 Å². The maximum absolute atomic E-state index is 11.9. The van der Waals surface area contributed by atoms with Crippen molar-refractivity contribution in [1.82, 2.24) is 4.90 Å². The highest BCUT2D eigenvalue weighted by atomic mass is 35.5. The molecule has 0 saturated carbocycles. The SMILES string of the molecule is CN(C)Cc1cc(N)c(Cc2ccccc2)c(S(N)(=O)=O)c1.Cl.Cl.O. The quantitative estimate of drug-likeness (QED) is 0.727. The molecule has 2 aromatic carbocycles. The average molecular weight is 410 g/mol. The summed E-state index contributed by atoms with van der Waals surface area (Å²) in [6.45, 7) is 0.596. The van der Waals surface area contributed by atoms with Gasteiger partial charge in [0.1, 0.15) is 0 Å². The summed E-state index contributed by atoms with van der Waals surface area (Å²) in [7, 11) is -0.0180. The van der Waals surface area contributed by atoms with E-state index in [0.29, 0.717) is 24.2 Å². The molecule has 142 valence electrons. The van der Waals surface area contributed by atoms with Gasteiger partial charge in [-0.2, -0.15) is 0 Å². The molecule has 0 aliphatic carbocycles. The van der Waals surface area contributed by atoms with Crippen LogP contribution >= 0.6 is 24.8 Å². The number of benzene rings is 2. The van der Waals surface area contributed by atoms with Gasteiger partial charge in [-0.25, -0.2) is 13.6 Å². The third-order valence-corrected chi connectivity index (χ3v) is 4.31. The minimum Gasteiger partial charge on any atom is -0.412 e. The van der Waals surface area contributed by atoms with E-state index in [1.807, 2.05) is 55.4 Å². The van der Waals surface area contributed by atoms with Crippen LogP contribution in [0.4, 0.5) is 5.69 Å². The van der Waals surface area contributed by atoms with Gasteiger partial charge in [-0.05, 0) is 42.9 Å². The lowest BCUT2D eigenvalue weighted by atomic mass is 10.0. The first-order chi connectivity index (χ1) is 10.3. The number of anilines is 1. The van der Waals surface area contributed by atoms with Gasteiger partial charge in [0.25, 0.3) is 0 Å². The molecule has 0 aliphatic rings. The third-order valence-electron chi connectivity index (χ3n) is 3.33. The van der Waals surface area contributed by atoms with E-state index in [1.165, 1.54) is 0 Å². The summed E-state index contributed by atoms with van der Waals surface area (Å²) in [5.74, 6) is 0. The third kappa shape index (κ3) is 7.19. The summed E-state index contributed by atoms with van der Waals surface area (Å²) >= 11 is 0. The second kappa shape index (κ2) is 10.6. The number of halogens is 2. The molecule has 25 heavy (non-hydrogen) atoms. The largest absolute Gasteiger partial charge is 0.412 e. The van der Waals surface area contributed by atoms with Gasteiger partial charge in [-0.3, -0.25) is 0 Å². The number of sulfonamides is 1. The minimum atomic E-state index is -3.83. The van der Waals surface area contributed by atoms with Crippen LogP contribution in [-0.4, -0.2) is 32.9 Å². The van der Waals surface area contributed by atoms with E-state index >= 15 is 0 Å². The monoisotopic (exact) mass is 409 g/mol. The molecule has 0 atom stereocenters. The molecule has 6 nitrogen and oxygen atoms in total. The van der Waals surface area contributed by atoms with Crippen LogP contribution in [0.25, 0.3) is 0 Å². The number of nitrogens with zero attached hydrogens (tertiary/aromatic N) is 1. The predicted octanol–water partition coefficient (Wildman–Crippen LogP) is 1.59. The fraction of sp³-hybridized carbons (Fsp3) is 0.250. The molecule has 0 unspecified atom stereocenters. The smallest absolute Gasteiger partial charge is 0.238 e. The molecular weight excluding hydrogens is 385 g/mol. The van der Waals surface area contributed by atoms with Gasteiger partial charge in [0.05, 0.1) is 4.90 Å². The van der Waals surface area contributed by atoms with Gasteiger partial charge >= 0.3 is 0 Å². The molecule has 2 aromatic rings. The summed E-state index contributed by atoms with van der Waals surface area (Å²) in [6, 6.07) is 13.0. The highest BCUT2D eigenvalue weighted by Gasteiger charge is 2.18. The Balaban J connectivity index is 0. The first kappa shape index (κ1) is 25.9. The molecule has 2 rings (SSSR count). The topological polar surface area (TPSA) is 121 Å². The molecule has 0 aliphatic heterocycles. The maximum Gasteiger partial charge on any atom is 0.238 e. The van der Waals surface area contributed by atoms with Crippen LogP contribution in [0.3, 0.4) is 0 Å². The lowest BCUT2D eigenvalue weighted by Crippen LogP contribution is -2.18. The molecule has 6 N–H and O–H groups in total. The van der Waals surface area contributed by atoms with Crippen molar-refractivity contribution in [2.45, 2.75) is 17.9 Å². The van der Waals surface area contributed by atoms with Crippen molar-refractivity contribution in [1.29, 1.82) is 0 Å². The van der Waals surface area contributed by atoms with Crippen LogP contribution in [0, 0.1) is 0 Å². The lowest BCUT2D eigenvalue weighted by molar-refractivity contribution is 0.402. The Morgan fingerprint density at radius 2 is 1.56 bits per heavy atom. The maximum atomic E-state index is 11.9. The number of nitrogen functional groups attached to an aromatic ring is 1. The van der Waals surface area contributed by atoms with E-state index in [2.05, 4.69) is 0 Å². The van der Waals surface area contributed by atoms with Crippen molar-refractivity contribution in [3.63, 3.8) is 0 Å². The van der Waals surface area contributed by atoms with E-state index in [9.17, 15) is 8.42 Å². The minimum absolute atomic E-state index is 0. The molecule has 9 heteroatoms. The van der Waals surface area contributed by atoms with E-state index < -0.39 is 10.0 Å². The van der Waals surface area contributed by atoms with Gasteiger partial charge in [0.2, 0.25) is 10.0 Å². The van der Waals surface area contributed by atoms with Crippen LogP contribution in [-0.2, 0) is 23.0 Å². The van der Waals surface area contributed by atoms with Crippen molar-refractivity contribution >= 4 is 40.5 Å². The van der Waals surface area contributed by atoms with Gasteiger partial charge < -0.3 is 16.1 Å². The Labute approximate surface area is 161 Å². The first-order valence-electron chi connectivity index (χ1n) is 6.90. The Hall–Kier alpha value is -1.35. The molecule has 0 aromatic heterocycles. The fourth-order valence-corrected chi connectivity index (χ4v) is 3.27. The van der Waals surface area contributed by atoms with E-state index in [0.717, 1.165) is 11.1 Å². The standard InChI is InChI=1S/C16H21N3O2S.2ClH.H2O/c1-19(2)11-13-9-15(17)14(16(10-13)22(18,20)21)8-12-6-4-3-5-7-12;;;/h3-7,9-10H,8,11,17H2,1-2H3,(H2,18,20,21);2*1H;1H2. The number of hydrogen-bond acceptors (Lipinski definition) is 4. The van der Waals surface area contributed by atoms with Crippen molar-refractivity contribution in [2.75, 3.05) is 19.8 Å². The highest BCUT2D eigenvalue weighted by molar-refractivity contribution is 7.89. The Morgan fingerprint density at radius 3 is 2.04 bits per heavy atom. The van der Waals surface area contributed by atoms with E-state index in [4.69, 9.17) is 10.9 Å². The Morgan fingerprint density at radius 1 is 1.00 bits per heavy atom. The zero-order valence-electron chi connectivity index (χ0n) is 14.1. The van der Waals surface area contributed by atoms with E-state index in [1.54, 1.807) is 6.07 Å². The fourth-order valence-electron chi connectivity index (χ4n) is 2.43. The summed E-state index contributed by atoms with van der Waals surface area (Å²) < 4.78 is 23.9. The molecule has 0 radical (unpaired) electrons. The Bertz CT molecular complexity index is 770. The normalized spacial score (nSPS) is 10.4. The number of primary sulfonamides is 1. The number of nitrogens with two attached hydrogens (primary N) is 2. The van der Waals surface area contributed by atoms with Crippen LogP contribution in [0.5, 0.6) is 0 Å². The Kier molecular flexibility index (Phi) is 11.0. The van der Waals surface area contributed by atoms with E-state index in [-0.39, 0.29) is 35.2 Å². The first-order valence-corrected chi connectivity index (χ1v) is 8.44.